The van der Waals surface area contributed by atoms with E-state index in [1.165, 1.54) is 25.9 Å². The van der Waals surface area contributed by atoms with Gasteiger partial charge in [-0.1, -0.05) is 38.8 Å². The molecular formula is C10H17Br2N. The summed E-state index contributed by atoms with van der Waals surface area (Å²) in [5.41, 5.74) is 0. The molecule has 0 radical (unpaired) electrons. The van der Waals surface area contributed by atoms with E-state index in [0.717, 1.165) is 17.9 Å². The quantitative estimate of drug-likeness (QED) is 0.708. The Balaban J connectivity index is 1.93. The first-order valence-corrected chi connectivity index (χ1v) is 6.77. The fourth-order valence-electron chi connectivity index (χ4n) is 2.41. The number of hydrogen-bond acceptors (Lipinski definition) is 1. The van der Waals surface area contributed by atoms with Crippen LogP contribution in [0, 0.1) is 11.8 Å². The minimum absolute atomic E-state index is 0.294. The van der Waals surface area contributed by atoms with Gasteiger partial charge in [-0.05, 0) is 32.2 Å². The van der Waals surface area contributed by atoms with E-state index < -0.39 is 0 Å². The number of rotatable bonds is 2. The van der Waals surface area contributed by atoms with Gasteiger partial charge in [0.2, 0.25) is 0 Å². The van der Waals surface area contributed by atoms with Crippen LogP contribution >= 0.6 is 31.9 Å². The van der Waals surface area contributed by atoms with Crippen molar-refractivity contribution in [2.75, 3.05) is 13.1 Å². The molecule has 0 aromatic rings. The zero-order valence-corrected chi connectivity index (χ0v) is 11.4. The van der Waals surface area contributed by atoms with Crippen LogP contribution in [0.4, 0.5) is 0 Å². The highest BCUT2D eigenvalue weighted by Gasteiger charge is 2.63. The molecule has 1 nitrogen and oxygen atoms in total. The molecule has 2 aliphatic rings. The Morgan fingerprint density at radius 3 is 2.69 bits per heavy atom. The second-order valence-electron chi connectivity index (χ2n) is 4.43. The van der Waals surface area contributed by atoms with Crippen molar-refractivity contribution in [3.8, 4) is 0 Å². The normalized spacial score (nSPS) is 39.7. The molecule has 1 aliphatic carbocycles. The summed E-state index contributed by atoms with van der Waals surface area (Å²) in [7, 11) is 0. The van der Waals surface area contributed by atoms with Crippen LogP contribution in [-0.2, 0) is 0 Å². The Morgan fingerprint density at radius 2 is 2.15 bits per heavy atom. The van der Waals surface area contributed by atoms with Crippen LogP contribution < -0.4 is 0 Å². The maximum atomic E-state index is 3.77. The van der Waals surface area contributed by atoms with E-state index in [-0.39, 0.29) is 0 Å². The van der Waals surface area contributed by atoms with Crippen LogP contribution in [0.2, 0.25) is 0 Å². The van der Waals surface area contributed by atoms with E-state index in [1.807, 2.05) is 0 Å². The first kappa shape index (κ1) is 10.4. The number of piperidine rings is 1. The Morgan fingerprint density at radius 1 is 1.46 bits per heavy atom. The molecule has 2 fully saturated rings. The zero-order valence-electron chi connectivity index (χ0n) is 8.26. The zero-order chi connectivity index (χ0) is 9.64. The minimum atomic E-state index is 0.294. The first-order chi connectivity index (χ1) is 6.07. The van der Waals surface area contributed by atoms with Crippen LogP contribution in [0.15, 0.2) is 0 Å². The van der Waals surface area contributed by atoms with Gasteiger partial charge in [-0.2, -0.15) is 0 Å². The van der Waals surface area contributed by atoms with Gasteiger partial charge >= 0.3 is 0 Å². The third kappa shape index (κ3) is 1.72. The SMILES string of the molecule is CCC(C)N1CC[C@H]2[C@@H](C1)C2(Br)Br. The number of likely N-dealkylation sites (tertiary alicyclic amines) is 1. The standard InChI is InChI=1S/C10H17Br2N/c1-3-7(2)13-5-4-8-9(6-13)10(8,11)12/h7-9H,3-6H2,1-2H3/t7?,8-,9+/m0/s1. The van der Waals surface area contributed by atoms with Gasteiger partial charge in [0.05, 0.1) is 3.23 Å². The van der Waals surface area contributed by atoms with Crippen LogP contribution in [0.1, 0.15) is 26.7 Å². The molecule has 0 spiro atoms. The molecule has 2 rings (SSSR count). The monoisotopic (exact) mass is 309 g/mol. The van der Waals surface area contributed by atoms with E-state index >= 15 is 0 Å². The predicted octanol–water partition coefficient (Wildman–Crippen LogP) is 3.22. The highest BCUT2D eigenvalue weighted by Crippen LogP contribution is 2.65. The third-order valence-corrected chi connectivity index (χ3v) is 6.09. The molecule has 13 heavy (non-hydrogen) atoms. The fraction of sp³-hybridized carbons (Fsp3) is 1.00. The fourth-order valence-corrected chi connectivity index (χ4v) is 4.17. The minimum Gasteiger partial charge on any atom is -0.300 e. The molecule has 1 heterocycles. The van der Waals surface area contributed by atoms with Crippen LogP contribution in [0.3, 0.4) is 0 Å². The van der Waals surface area contributed by atoms with Crippen molar-refractivity contribution in [1.29, 1.82) is 0 Å². The average Bonchev–Trinajstić information content (AvgIpc) is 2.68. The molecule has 3 atom stereocenters. The van der Waals surface area contributed by atoms with Gasteiger partial charge in [-0.3, -0.25) is 0 Å². The summed E-state index contributed by atoms with van der Waals surface area (Å²) in [4.78, 5) is 2.63. The number of halogens is 2. The average molecular weight is 311 g/mol. The summed E-state index contributed by atoms with van der Waals surface area (Å²) in [5, 5.41) is 0. The Bertz CT molecular complexity index is 205. The Labute approximate surface area is 97.5 Å². The summed E-state index contributed by atoms with van der Waals surface area (Å²) < 4.78 is 0.294. The second-order valence-corrected chi connectivity index (χ2v) is 8.12. The van der Waals surface area contributed by atoms with Crippen molar-refractivity contribution in [2.24, 2.45) is 11.8 Å². The molecule has 76 valence electrons. The Kier molecular flexibility index (Phi) is 2.81. The molecule has 0 aromatic heterocycles. The predicted molar refractivity (Wildman–Crippen MR) is 63.5 cm³/mol. The number of fused-ring (bicyclic) bond motifs is 1. The lowest BCUT2D eigenvalue weighted by atomic mass is 10.1. The maximum absolute atomic E-state index is 3.77. The molecule has 1 saturated carbocycles. The molecule has 0 N–H and O–H groups in total. The summed E-state index contributed by atoms with van der Waals surface area (Å²) in [6.07, 6.45) is 2.63. The van der Waals surface area contributed by atoms with E-state index in [0.29, 0.717) is 3.23 Å². The summed E-state index contributed by atoms with van der Waals surface area (Å²) >= 11 is 7.54. The van der Waals surface area contributed by atoms with Crippen molar-refractivity contribution in [3.05, 3.63) is 0 Å². The number of hydrogen-bond donors (Lipinski definition) is 0. The highest BCUT2D eigenvalue weighted by atomic mass is 79.9. The second kappa shape index (κ2) is 3.49. The molecule has 0 bridgehead atoms. The lowest BCUT2D eigenvalue weighted by Gasteiger charge is -2.31. The van der Waals surface area contributed by atoms with Crippen molar-refractivity contribution in [3.63, 3.8) is 0 Å². The third-order valence-electron chi connectivity index (χ3n) is 3.74. The number of nitrogens with zero attached hydrogens (tertiary/aromatic N) is 1. The van der Waals surface area contributed by atoms with Gasteiger partial charge in [0, 0.05) is 18.5 Å². The van der Waals surface area contributed by atoms with Crippen LogP contribution in [0.25, 0.3) is 0 Å². The molecule has 0 aromatic carbocycles. The molecular weight excluding hydrogens is 294 g/mol. The first-order valence-electron chi connectivity index (χ1n) is 5.19. The van der Waals surface area contributed by atoms with Crippen molar-refractivity contribution in [2.45, 2.75) is 36.0 Å². The van der Waals surface area contributed by atoms with Gasteiger partial charge in [0.25, 0.3) is 0 Å². The van der Waals surface area contributed by atoms with Crippen molar-refractivity contribution >= 4 is 31.9 Å². The highest BCUT2D eigenvalue weighted by molar-refractivity contribution is 9.25. The summed E-state index contributed by atoms with van der Waals surface area (Å²) in [6.45, 7) is 7.18. The van der Waals surface area contributed by atoms with Gasteiger partial charge in [-0.25, -0.2) is 0 Å². The smallest absolute Gasteiger partial charge is 0.0881 e. The largest absolute Gasteiger partial charge is 0.300 e. The van der Waals surface area contributed by atoms with Gasteiger partial charge in [0.15, 0.2) is 0 Å². The van der Waals surface area contributed by atoms with Crippen molar-refractivity contribution in [1.82, 2.24) is 4.90 Å². The van der Waals surface area contributed by atoms with Gasteiger partial charge < -0.3 is 4.90 Å². The van der Waals surface area contributed by atoms with E-state index in [9.17, 15) is 0 Å². The number of alkyl halides is 2. The molecule has 1 unspecified atom stereocenters. The summed E-state index contributed by atoms with van der Waals surface area (Å²) in [6, 6.07) is 0.761. The lowest BCUT2D eigenvalue weighted by molar-refractivity contribution is 0.163. The van der Waals surface area contributed by atoms with Gasteiger partial charge in [0.1, 0.15) is 0 Å². The van der Waals surface area contributed by atoms with E-state index in [1.54, 1.807) is 0 Å². The molecule has 1 saturated heterocycles. The van der Waals surface area contributed by atoms with Crippen molar-refractivity contribution < 1.29 is 0 Å². The molecule has 1 aliphatic heterocycles. The topological polar surface area (TPSA) is 3.24 Å². The Hall–Kier alpha value is 0.920. The molecule has 0 amide bonds. The van der Waals surface area contributed by atoms with Gasteiger partial charge in [-0.15, -0.1) is 0 Å². The van der Waals surface area contributed by atoms with E-state index in [2.05, 4.69) is 50.6 Å². The van der Waals surface area contributed by atoms with Crippen LogP contribution in [-0.4, -0.2) is 27.3 Å². The van der Waals surface area contributed by atoms with E-state index in [4.69, 9.17) is 0 Å². The van der Waals surface area contributed by atoms with Crippen LogP contribution in [0.5, 0.6) is 0 Å². The lowest BCUT2D eigenvalue weighted by Crippen LogP contribution is -2.38. The summed E-state index contributed by atoms with van der Waals surface area (Å²) in [5.74, 6) is 1.73. The molecule has 3 heteroatoms. The maximum Gasteiger partial charge on any atom is 0.0881 e.